The number of carbonyl (C=O) groups is 1. The van der Waals surface area contributed by atoms with Gasteiger partial charge in [0.2, 0.25) is 5.91 Å². The molecule has 0 aliphatic carbocycles. The van der Waals surface area contributed by atoms with Crippen molar-refractivity contribution in [3.8, 4) is 11.4 Å². The van der Waals surface area contributed by atoms with Gasteiger partial charge < -0.3 is 9.88 Å². The Hall–Kier alpha value is -3.24. The van der Waals surface area contributed by atoms with Gasteiger partial charge in [-0.3, -0.25) is 14.9 Å². The second-order valence-corrected chi connectivity index (χ2v) is 8.19. The molecule has 10 heteroatoms. The largest absolute Gasteiger partial charge is 0.325 e. The summed E-state index contributed by atoms with van der Waals surface area (Å²) in [4.78, 5) is 22.7. The fourth-order valence-electron chi connectivity index (χ4n) is 3.06. The van der Waals surface area contributed by atoms with E-state index >= 15 is 0 Å². The van der Waals surface area contributed by atoms with Crippen LogP contribution >= 0.6 is 23.1 Å². The molecule has 8 nitrogen and oxygen atoms in total. The van der Waals surface area contributed by atoms with Crippen LogP contribution in [0.15, 0.2) is 59.1 Å². The van der Waals surface area contributed by atoms with E-state index < -0.39 is 4.92 Å². The van der Waals surface area contributed by atoms with E-state index in [2.05, 4.69) is 33.0 Å². The fraction of sp³-hybridized carbons (Fsp3) is 0.150. The molecule has 0 atom stereocenters. The van der Waals surface area contributed by atoms with Gasteiger partial charge in [0.15, 0.2) is 11.0 Å². The van der Waals surface area contributed by atoms with Crippen molar-refractivity contribution in [2.45, 2.75) is 18.6 Å². The number of nitro benzene ring substituents is 1. The number of nitrogens with zero attached hydrogens (tertiary/aromatic N) is 4. The summed E-state index contributed by atoms with van der Waals surface area (Å²) in [6.07, 6.45) is 0. The van der Waals surface area contributed by atoms with Gasteiger partial charge in [-0.2, -0.15) is 0 Å². The molecule has 4 aromatic rings. The van der Waals surface area contributed by atoms with Crippen LogP contribution in [0.1, 0.15) is 6.92 Å². The summed E-state index contributed by atoms with van der Waals surface area (Å²) in [5.74, 6) is 0.621. The molecule has 0 aliphatic heterocycles. The van der Waals surface area contributed by atoms with E-state index in [1.807, 2.05) is 23.6 Å². The van der Waals surface area contributed by atoms with Gasteiger partial charge >= 0.3 is 0 Å². The first-order chi connectivity index (χ1) is 14.6. The molecule has 4 rings (SSSR count). The molecule has 0 spiro atoms. The summed E-state index contributed by atoms with van der Waals surface area (Å²) >= 11 is 2.94. The topological polar surface area (TPSA) is 103 Å². The highest BCUT2D eigenvalue weighted by Gasteiger charge is 2.17. The maximum Gasteiger partial charge on any atom is 0.271 e. The van der Waals surface area contributed by atoms with Crippen molar-refractivity contribution in [2.24, 2.45) is 0 Å². The number of nitrogens with one attached hydrogen (secondary N) is 1. The zero-order valence-corrected chi connectivity index (χ0v) is 17.6. The van der Waals surface area contributed by atoms with Gasteiger partial charge in [0.1, 0.15) is 0 Å². The Kier molecular flexibility index (Phi) is 5.77. The zero-order valence-electron chi connectivity index (χ0n) is 15.9. The van der Waals surface area contributed by atoms with E-state index in [-0.39, 0.29) is 17.3 Å². The summed E-state index contributed by atoms with van der Waals surface area (Å²) in [5, 5.41) is 26.1. The Morgan fingerprint density at radius 2 is 2.07 bits per heavy atom. The van der Waals surface area contributed by atoms with Crippen molar-refractivity contribution >= 4 is 50.5 Å². The van der Waals surface area contributed by atoms with Gasteiger partial charge in [0.05, 0.1) is 10.7 Å². The van der Waals surface area contributed by atoms with E-state index in [9.17, 15) is 14.9 Å². The fourth-order valence-corrected chi connectivity index (χ4v) is 4.80. The number of amides is 1. The second-order valence-electron chi connectivity index (χ2n) is 6.34. The molecular formula is C20H17N5O3S2. The summed E-state index contributed by atoms with van der Waals surface area (Å²) < 4.78 is 3.17. The molecule has 0 aliphatic rings. The highest BCUT2D eigenvalue weighted by molar-refractivity contribution is 7.99. The van der Waals surface area contributed by atoms with Crippen LogP contribution in [0.5, 0.6) is 0 Å². The Balaban J connectivity index is 1.48. The molecule has 0 saturated heterocycles. The number of hydrogen-bond donors (Lipinski definition) is 1. The molecule has 0 unspecified atom stereocenters. The molecule has 1 N–H and O–H groups in total. The minimum atomic E-state index is -0.496. The number of carbonyl (C=O) groups excluding carboxylic acids is 1. The van der Waals surface area contributed by atoms with Gasteiger partial charge in [0, 0.05) is 45.4 Å². The van der Waals surface area contributed by atoms with E-state index in [0.29, 0.717) is 17.4 Å². The van der Waals surface area contributed by atoms with Crippen LogP contribution in [0, 0.1) is 10.1 Å². The molecule has 2 aromatic heterocycles. The third kappa shape index (κ3) is 4.05. The van der Waals surface area contributed by atoms with Crippen molar-refractivity contribution < 1.29 is 9.72 Å². The molecule has 0 radical (unpaired) electrons. The predicted octanol–water partition coefficient (Wildman–Crippen LogP) is 4.82. The SMILES string of the molecule is CCn1c(SCC(=O)Nc2cccc([N+](=O)[O-])c2)nnc1-c1csc2ccccc12. The molecule has 1 amide bonds. The predicted molar refractivity (Wildman–Crippen MR) is 119 cm³/mol. The van der Waals surface area contributed by atoms with Crippen LogP contribution in [-0.2, 0) is 11.3 Å². The van der Waals surface area contributed by atoms with Crippen molar-refractivity contribution in [3.05, 3.63) is 64.0 Å². The third-order valence-corrected chi connectivity index (χ3v) is 6.36. The Labute approximate surface area is 180 Å². The number of non-ortho nitro benzene ring substituents is 1. The molecule has 30 heavy (non-hydrogen) atoms. The molecule has 0 fully saturated rings. The molecule has 152 valence electrons. The van der Waals surface area contributed by atoms with Gasteiger partial charge in [-0.25, -0.2) is 0 Å². The lowest BCUT2D eigenvalue weighted by Crippen LogP contribution is -2.14. The van der Waals surface area contributed by atoms with Gasteiger partial charge in [0.25, 0.3) is 5.69 Å². The Morgan fingerprint density at radius 3 is 2.87 bits per heavy atom. The third-order valence-electron chi connectivity index (χ3n) is 4.43. The van der Waals surface area contributed by atoms with Gasteiger partial charge in [-0.05, 0) is 19.1 Å². The normalized spacial score (nSPS) is 11.0. The van der Waals surface area contributed by atoms with Crippen LogP contribution in [0.4, 0.5) is 11.4 Å². The highest BCUT2D eigenvalue weighted by atomic mass is 32.2. The quantitative estimate of drug-likeness (QED) is 0.252. The van der Waals surface area contributed by atoms with Gasteiger partial charge in [-0.1, -0.05) is 36.0 Å². The van der Waals surface area contributed by atoms with Crippen molar-refractivity contribution in [2.75, 3.05) is 11.1 Å². The average molecular weight is 440 g/mol. The minimum Gasteiger partial charge on any atom is -0.325 e. The molecule has 2 aromatic carbocycles. The lowest BCUT2D eigenvalue weighted by molar-refractivity contribution is -0.384. The van der Waals surface area contributed by atoms with E-state index in [0.717, 1.165) is 16.8 Å². The summed E-state index contributed by atoms with van der Waals surface area (Å²) in [5.41, 5.74) is 1.34. The summed E-state index contributed by atoms with van der Waals surface area (Å²) in [6, 6.07) is 14.0. The first kappa shape index (κ1) is 20.0. The monoisotopic (exact) mass is 439 g/mol. The van der Waals surface area contributed by atoms with Gasteiger partial charge in [-0.15, -0.1) is 21.5 Å². The van der Waals surface area contributed by atoms with Crippen LogP contribution in [0.3, 0.4) is 0 Å². The number of thioether (sulfide) groups is 1. The number of fused-ring (bicyclic) bond motifs is 1. The smallest absolute Gasteiger partial charge is 0.271 e. The highest BCUT2D eigenvalue weighted by Crippen LogP contribution is 2.34. The van der Waals surface area contributed by atoms with E-state index in [4.69, 9.17) is 0 Å². The number of rotatable bonds is 7. The Bertz CT molecular complexity index is 1230. The lowest BCUT2D eigenvalue weighted by Gasteiger charge is -2.07. The average Bonchev–Trinajstić information content (AvgIpc) is 3.35. The maximum atomic E-state index is 12.3. The first-order valence-corrected chi connectivity index (χ1v) is 11.0. The number of hydrogen-bond acceptors (Lipinski definition) is 7. The van der Waals surface area contributed by atoms with E-state index in [1.54, 1.807) is 17.4 Å². The maximum absolute atomic E-state index is 12.3. The molecule has 2 heterocycles. The number of aromatic nitrogens is 3. The van der Waals surface area contributed by atoms with Crippen molar-refractivity contribution in [1.29, 1.82) is 0 Å². The zero-order chi connectivity index (χ0) is 21.1. The number of nitro groups is 1. The van der Waals surface area contributed by atoms with Crippen molar-refractivity contribution in [3.63, 3.8) is 0 Å². The number of thiophene rings is 1. The van der Waals surface area contributed by atoms with Crippen molar-refractivity contribution in [1.82, 2.24) is 14.8 Å². The first-order valence-electron chi connectivity index (χ1n) is 9.13. The van der Waals surface area contributed by atoms with Crippen LogP contribution in [0.25, 0.3) is 21.5 Å². The molecule has 0 bridgehead atoms. The van der Waals surface area contributed by atoms with Crippen LogP contribution in [0.2, 0.25) is 0 Å². The summed E-state index contributed by atoms with van der Waals surface area (Å²) in [6.45, 7) is 2.68. The Morgan fingerprint density at radius 1 is 1.23 bits per heavy atom. The number of benzene rings is 2. The van der Waals surface area contributed by atoms with Crippen LogP contribution < -0.4 is 5.32 Å². The van der Waals surface area contributed by atoms with E-state index in [1.165, 1.54) is 34.7 Å². The standard InChI is InChI=1S/C20H17N5O3S2/c1-2-24-19(16-11-29-17-9-4-3-8-15(16)17)22-23-20(24)30-12-18(26)21-13-6-5-7-14(10-13)25(27)28/h3-11H,2,12H2,1H3,(H,21,26). The number of anilines is 1. The second kappa shape index (κ2) is 8.64. The minimum absolute atomic E-state index is 0.0705. The van der Waals surface area contributed by atoms with Crippen LogP contribution in [-0.4, -0.2) is 31.3 Å². The lowest BCUT2D eigenvalue weighted by atomic mass is 10.1. The molecular weight excluding hydrogens is 422 g/mol. The molecule has 0 saturated carbocycles. The summed E-state index contributed by atoms with van der Waals surface area (Å²) in [7, 11) is 0.